The number of primary amides is 1. The van der Waals surface area contributed by atoms with Crippen molar-refractivity contribution in [2.75, 3.05) is 11.9 Å². The third kappa shape index (κ3) is 5.73. The Kier molecular flexibility index (Phi) is 6.32. The summed E-state index contributed by atoms with van der Waals surface area (Å²) >= 11 is 1.45. The van der Waals surface area contributed by atoms with Crippen LogP contribution < -0.4 is 21.7 Å². The molecule has 0 unspecified atom stereocenters. The van der Waals surface area contributed by atoms with Crippen LogP contribution in [-0.2, 0) is 11.3 Å². The zero-order chi connectivity index (χ0) is 17.4. The van der Waals surface area contributed by atoms with Gasteiger partial charge in [-0.15, -0.1) is 0 Å². The maximum Gasteiger partial charge on any atom is 0.316 e. The summed E-state index contributed by atoms with van der Waals surface area (Å²) in [7, 11) is 0. The van der Waals surface area contributed by atoms with Crippen molar-refractivity contribution in [3.05, 3.63) is 52.2 Å². The average Bonchev–Trinajstić information content (AvgIpc) is 3.08. The van der Waals surface area contributed by atoms with Gasteiger partial charge >= 0.3 is 6.03 Å². The van der Waals surface area contributed by atoms with Gasteiger partial charge in [0.15, 0.2) is 0 Å². The van der Waals surface area contributed by atoms with E-state index in [1.165, 1.54) is 11.3 Å². The highest BCUT2D eigenvalue weighted by Gasteiger charge is 2.07. The second-order valence-electron chi connectivity index (χ2n) is 4.98. The Morgan fingerprint density at radius 2 is 1.79 bits per heavy atom. The zero-order valence-corrected chi connectivity index (χ0v) is 13.7. The van der Waals surface area contributed by atoms with Crippen molar-refractivity contribution < 1.29 is 14.4 Å². The molecule has 7 nitrogen and oxygen atoms in total. The van der Waals surface area contributed by atoms with Crippen LogP contribution in [0.5, 0.6) is 0 Å². The molecule has 1 aromatic heterocycles. The van der Waals surface area contributed by atoms with E-state index < -0.39 is 6.03 Å². The normalized spacial score (nSPS) is 10.0. The number of hydrogen-bond acceptors (Lipinski definition) is 4. The van der Waals surface area contributed by atoms with Gasteiger partial charge in [0.1, 0.15) is 0 Å². The SMILES string of the molecule is NC(=O)Nc1ccc(CNC(=O)CCNC(=O)c2ccsc2)cc1. The van der Waals surface area contributed by atoms with Gasteiger partial charge in [-0.3, -0.25) is 9.59 Å². The van der Waals surface area contributed by atoms with E-state index in [2.05, 4.69) is 16.0 Å². The fourth-order valence-electron chi connectivity index (χ4n) is 1.92. The van der Waals surface area contributed by atoms with Crippen LogP contribution in [0, 0.1) is 0 Å². The lowest BCUT2D eigenvalue weighted by Gasteiger charge is -2.07. The first-order chi connectivity index (χ1) is 11.5. The van der Waals surface area contributed by atoms with Crippen LogP contribution in [0.4, 0.5) is 10.5 Å². The molecule has 8 heteroatoms. The predicted molar refractivity (Wildman–Crippen MR) is 92.8 cm³/mol. The van der Waals surface area contributed by atoms with Crippen molar-refractivity contribution in [3.63, 3.8) is 0 Å². The monoisotopic (exact) mass is 346 g/mol. The van der Waals surface area contributed by atoms with Gasteiger partial charge in [0.05, 0.1) is 0 Å². The van der Waals surface area contributed by atoms with Gasteiger partial charge in [-0.2, -0.15) is 11.3 Å². The number of amides is 4. The Morgan fingerprint density at radius 3 is 2.42 bits per heavy atom. The van der Waals surface area contributed by atoms with Crippen molar-refractivity contribution in [3.8, 4) is 0 Å². The van der Waals surface area contributed by atoms with Gasteiger partial charge in [-0.1, -0.05) is 12.1 Å². The maximum atomic E-state index is 11.8. The number of anilines is 1. The van der Waals surface area contributed by atoms with Gasteiger partial charge in [-0.05, 0) is 29.1 Å². The molecule has 1 aromatic carbocycles. The molecule has 0 radical (unpaired) electrons. The van der Waals surface area contributed by atoms with Gasteiger partial charge in [-0.25, -0.2) is 4.79 Å². The molecule has 24 heavy (non-hydrogen) atoms. The molecule has 4 amide bonds. The van der Waals surface area contributed by atoms with Gasteiger partial charge < -0.3 is 21.7 Å². The summed E-state index contributed by atoms with van der Waals surface area (Å²) < 4.78 is 0. The van der Waals surface area contributed by atoms with E-state index in [4.69, 9.17) is 5.73 Å². The van der Waals surface area contributed by atoms with Crippen molar-refractivity contribution >= 4 is 34.9 Å². The molecule has 2 aromatic rings. The smallest absolute Gasteiger partial charge is 0.316 e. The van der Waals surface area contributed by atoms with E-state index in [0.29, 0.717) is 17.8 Å². The van der Waals surface area contributed by atoms with E-state index in [-0.39, 0.29) is 24.8 Å². The largest absolute Gasteiger partial charge is 0.352 e. The highest BCUT2D eigenvalue weighted by atomic mass is 32.1. The molecule has 0 fully saturated rings. The lowest BCUT2D eigenvalue weighted by Crippen LogP contribution is -2.30. The lowest BCUT2D eigenvalue weighted by atomic mass is 10.2. The fourth-order valence-corrected chi connectivity index (χ4v) is 2.56. The highest BCUT2D eigenvalue weighted by molar-refractivity contribution is 7.08. The Hall–Kier alpha value is -2.87. The Balaban J connectivity index is 1.67. The molecular formula is C16H18N4O3S. The van der Waals surface area contributed by atoms with Crippen molar-refractivity contribution in [2.45, 2.75) is 13.0 Å². The van der Waals surface area contributed by atoms with Crippen LogP contribution in [-0.4, -0.2) is 24.4 Å². The molecule has 2 rings (SSSR count). The molecule has 0 aliphatic heterocycles. The van der Waals surface area contributed by atoms with Crippen LogP contribution in [0.3, 0.4) is 0 Å². The van der Waals surface area contributed by atoms with E-state index in [0.717, 1.165) is 5.56 Å². The molecule has 5 N–H and O–H groups in total. The topological polar surface area (TPSA) is 113 Å². The van der Waals surface area contributed by atoms with Crippen LogP contribution in [0.1, 0.15) is 22.3 Å². The molecule has 0 saturated carbocycles. The second kappa shape index (κ2) is 8.68. The number of thiophene rings is 1. The first-order valence-electron chi connectivity index (χ1n) is 7.27. The molecular weight excluding hydrogens is 328 g/mol. The average molecular weight is 346 g/mol. The Morgan fingerprint density at radius 1 is 1.04 bits per heavy atom. The fraction of sp³-hybridized carbons (Fsp3) is 0.188. The van der Waals surface area contributed by atoms with E-state index in [1.54, 1.807) is 35.7 Å². The summed E-state index contributed by atoms with van der Waals surface area (Å²) in [5, 5.41) is 11.5. The summed E-state index contributed by atoms with van der Waals surface area (Å²) in [6, 6.07) is 8.08. The minimum Gasteiger partial charge on any atom is -0.352 e. The van der Waals surface area contributed by atoms with E-state index in [9.17, 15) is 14.4 Å². The lowest BCUT2D eigenvalue weighted by molar-refractivity contribution is -0.121. The Labute approximate surface area is 143 Å². The first-order valence-corrected chi connectivity index (χ1v) is 8.21. The van der Waals surface area contributed by atoms with Gasteiger partial charge in [0.25, 0.3) is 5.91 Å². The quantitative estimate of drug-likeness (QED) is 0.611. The summed E-state index contributed by atoms with van der Waals surface area (Å²) in [6.45, 7) is 0.649. The number of carbonyl (C=O) groups is 3. The van der Waals surface area contributed by atoms with E-state index in [1.807, 2.05) is 5.38 Å². The number of rotatable bonds is 7. The summed E-state index contributed by atoms with van der Waals surface area (Å²) in [6.07, 6.45) is 0.206. The second-order valence-corrected chi connectivity index (χ2v) is 5.76. The third-order valence-electron chi connectivity index (χ3n) is 3.13. The molecule has 0 saturated heterocycles. The molecule has 0 aliphatic carbocycles. The molecule has 0 aliphatic rings. The van der Waals surface area contributed by atoms with Crippen molar-refractivity contribution in [1.29, 1.82) is 0 Å². The Bertz CT molecular complexity index is 699. The molecule has 0 spiro atoms. The summed E-state index contributed by atoms with van der Waals surface area (Å²) in [5.74, 6) is -0.332. The molecule has 0 atom stereocenters. The molecule has 1 heterocycles. The predicted octanol–water partition coefficient (Wildman–Crippen LogP) is 1.67. The maximum absolute atomic E-state index is 11.8. The minimum absolute atomic E-state index is 0.153. The van der Waals surface area contributed by atoms with Crippen molar-refractivity contribution in [2.24, 2.45) is 5.73 Å². The minimum atomic E-state index is -0.624. The van der Waals surface area contributed by atoms with E-state index >= 15 is 0 Å². The third-order valence-corrected chi connectivity index (χ3v) is 3.82. The first kappa shape index (κ1) is 17.5. The number of nitrogens with one attached hydrogen (secondary N) is 3. The van der Waals surface area contributed by atoms with Crippen LogP contribution >= 0.6 is 11.3 Å². The van der Waals surface area contributed by atoms with Gasteiger partial charge in [0.2, 0.25) is 5.91 Å². The molecule has 0 bridgehead atoms. The standard InChI is InChI=1S/C16H18N4O3S/c17-16(23)20-13-3-1-11(2-4-13)9-19-14(21)5-7-18-15(22)12-6-8-24-10-12/h1-4,6,8,10H,5,7,9H2,(H,18,22)(H,19,21)(H3,17,20,23). The number of benzene rings is 1. The summed E-state index contributed by atoms with van der Waals surface area (Å²) in [5.41, 5.74) is 7.11. The van der Waals surface area contributed by atoms with Crippen LogP contribution in [0.15, 0.2) is 41.1 Å². The number of carbonyl (C=O) groups excluding carboxylic acids is 3. The van der Waals surface area contributed by atoms with Crippen LogP contribution in [0.25, 0.3) is 0 Å². The summed E-state index contributed by atoms with van der Waals surface area (Å²) in [4.78, 5) is 34.2. The van der Waals surface area contributed by atoms with Crippen LogP contribution in [0.2, 0.25) is 0 Å². The van der Waals surface area contributed by atoms with Crippen molar-refractivity contribution in [1.82, 2.24) is 10.6 Å². The molecule has 126 valence electrons. The zero-order valence-electron chi connectivity index (χ0n) is 12.9. The van der Waals surface area contributed by atoms with Gasteiger partial charge in [0, 0.05) is 36.1 Å². The number of hydrogen-bond donors (Lipinski definition) is 4. The number of nitrogens with two attached hydrogens (primary N) is 1. The highest BCUT2D eigenvalue weighted by Crippen LogP contribution is 2.09. The number of urea groups is 1.